The third kappa shape index (κ3) is 2.61. The molecule has 1 N–H and O–H groups in total. The summed E-state index contributed by atoms with van der Waals surface area (Å²) in [7, 11) is 0. The summed E-state index contributed by atoms with van der Waals surface area (Å²) >= 11 is 6.42. The SMILES string of the molecule is C/C(=N\OCc1nnc2sc(=S)[nH]n12)c1ccccc1. The molecular weight excluding hydrogens is 294 g/mol. The van der Waals surface area contributed by atoms with E-state index in [0.717, 1.165) is 16.2 Å². The predicted molar refractivity (Wildman–Crippen MR) is 79.5 cm³/mol. The Morgan fingerprint density at radius 2 is 2.20 bits per heavy atom. The van der Waals surface area contributed by atoms with Gasteiger partial charge < -0.3 is 4.84 Å². The van der Waals surface area contributed by atoms with E-state index >= 15 is 0 Å². The van der Waals surface area contributed by atoms with Crippen molar-refractivity contribution in [2.45, 2.75) is 13.5 Å². The average molecular weight is 305 g/mol. The summed E-state index contributed by atoms with van der Waals surface area (Å²) in [5.74, 6) is 0.636. The normalized spacial score (nSPS) is 11.9. The Bertz CT molecular complexity index is 802. The first-order valence-electron chi connectivity index (χ1n) is 5.89. The molecule has 0 saturated heterocycles. The van der Waals surface area contributed by atoms with Gasteiger partial charge in [-0.2, -0.15) is 0 Å². The van der Waals surface area contributed by atoms with Crippen LogP contribution in [0, 0.1) is 3.95 Å². The van der Waals surface area contributed by atoms with Crippen LogP contribution in [0.25, 0.3) is 4.96 Å². The number of aromatic amines is 1. The summed E-state index contributed by atoms with van der Waals surface area (Å²) in [4.78, 5) is 6.05. The fourth-order valence-electron chi connectivity index (χ4n) is 1.69. The van der Waals surface area contributed by atoms with Gasteiger partial charge in [-0.25, -0.2) is 4.52 Å². The van der Waals surface area contributed by atoms with Crippen LogP contribution in [-0.2, 0) is 11.4 Å². The minimum Gasteiger partial charge on any atom is -0.387 e. The van der Waals surface area contributed by atoms with E-state index in [9.17, 15) is 0 Å². The van der Waals surface area contributed by atoms with E-state index in [0.29, 0.717) is 9.78 Å². The summed E-state index contributed by atoms with van der Waals surface area (Å²) in [6, 6.07) is 9.84. The van der Waals surface area contributed by atoms with E-state index in [1.54, 1.807) is 4.52 Å². The van der Waals surface area contributed by atoms with E-state index in [1.165, 1.54) is 11.3 Å². The van der Waals surface area contributed by atoms with Gasteiger partial charge in [-0.15, -0.1) is 10.2 Å². The van der Waals surface area contributed by atoms with E-state index in [4.69, 9.17) is 17.1 Å². The molecule has 0 radical (unpaired) electrons. The van der Waals surface area contributed by atoms with Gasteiger partial charge in [0.2, 0.25) is 4.96 Å². The summed E-state index contributed by atoms with van der Waals surface area (Å²) in [5, 5.41) is 15.1. The molecule has 0 aliphatic heterocycles. The predicted octanol–water partition coefficient (Wildman–Crippen LogP) is 2.79. The Hall–Kier alpha value is -2.06. The van der Waals surface area contributed by atoms with E-state index in [2.05, 4.69) is 20.5 Å². The molecule has 6 nitrogen and oxygen atoms in total. The number of hydrogen-bond donors (Lipinski definition) is 1. The second-order valence-electron chi connectivity index (χ2n) is 4.05. The van der Waals surface area contributed by atoms with E-state index in [1.807, 2.05) is 37.3 Å². The van der Waals surface area contributed by atoms with Crippen LogP contribution in [-0.4, -0.2) is 25.5 Å². The Balaban J connectivity index is 1.72. The molecule has 0 amide bonds. The molecule has 0 aliphatic rings. The van der Waals surface area contributed by atoms with Crippen LogP contribution in [0.15, 0.2) is 35.5 Å². The molecule has 0 fully saturated rings. The fourth-order valence-corrected chi connectivity index (χ4v) is 2.63. The Morgan fingerprint density at radius 3 is 3.00 bits per heavy atom. The summed E-state index contributed by atoms with van der Waals surface area (Å²) in [6.45, 7) is 2.13. The Labute approximate surface area is 123 Å². The van der Waals surface area contributed by atoms with Crippen LogP contribution in [0.4, 0.5) is 0 Å². The van der Waals surface area contributed by atoms with Crippen LogP contribution >= 0.6 is 23.6 Å². The maximum Gasteiger partial charge on any atom is 0.233 e. The molecule has 3 aromatic rings. The topological polar surface area (TPSA) is 67.6 Å². The van der Waals surface area contributed by atoms with Crippen molar-refractivity contribution in [3.8, 4) is 0 Å². The lowest BCUT2D eigenvalue weighted by molar-refractivity contribution is 0.123. The third-order valence-electron chi connectivity index (χ3n) is 2.67. The minimum absolute atomic E-state index is 0.230. The number of aromatic nitrogens is 4. The first-order chi connectivity index (χ1) is 9.74. The zero-order chi connectivity index (χ0) is 13.9. The second-order valence-corrected chi connectivity index (χ2v) is 5.70. The minimum atomic E-state index is 0.230. The number of hydrogen-bond acceptors (Lipinski definition) is 6. The fraction of sp³-hybridized carbons (Fsp3) is 0.167. The van der Waals surface area contributed by atoms with Crippen molar-refractivity contribution in [3.05, 3.63) is 45.7 Å². The van der Waals surface area contributed by atoms with Crippen LogP contribution in [0.1, 0.15) is 18.3 Å². The molecule has 0 unspecified atom stereocenters. The standard InChI is InChI=1S/C12H11N5OS2/c1-8(9-5-3-2-4-6-9)16-18-7-10-13-14-11-17(10)15-12(19)20-11/h2-6H,7H2,1H3,(H,15,19)/b16-8+. The highest BCUT2D eigenvalue weighted by Crippen LogP contribution is 2.10. The number of fused-ring (bicyclic) bond motifs is 1. The average Bonchev–Trinajstić information content (AvgIpc) is 3.00. The van der Waals surface area contributed by atoms with Gasteiger partial charge in [0.15, 0.2) is 16.4 Å². The van der Waals surface area contributed by atoms with Crippen molar-refractivity contribution in [3.63, 3.8) is 0 Å². The first kappa shape index (κ1) is 12.9. The van der Waals surface area contributed by atoms with Crippen LogP contribution < -0.4 is 0 Å². The van der Waals surface area contributed by atoms with E-state index < -0.39 is 0 Å². The molecule has 20 heavy (non-hydrogen) atoms. The summed E-state index contributed by atoms with van der Waals surface area (Å²) in [6.07, 6.45) is 0. The number of rotatable bonds is 4. The van der Waals surface area contributed by atoms with Crippen molar-refractivity contribution in [2.75, 3.05) is 0 Å². The molecule has 0 bridgehead atoms. The smallest absolute Gasteiger partial charge is 0.233 e. The maximum absolute atomic E-state index is 5.33. The van der Waals surface area contributed by atoms with Gasteiger partial charge in [-0.3, -0.25) is 5.10 Å². The van der Waals surface area contributed by atoms with Crippen molar-refractivity contribution < 1.29 is 4.84 Å². The van der Waals surface area contributed by atoms with Gasteiger partial charge in [-0.05, 0) is 24.7 Å². The van der Waals surface area contributed by atoms with Gasteiger partial charge in [0, 0.05) is 0 Å². The van der Waals surface area contributed by atoms with Gasteiger partial charge in [0.1, 0.15) is 0 Å². The largest absolute Gasteiger partial charge is 0.387 e. The summed E-state index contributed by atoms with van der Waals surface area (Å²) < 4.78 is 2.36. The number of benzene rings is 1. The highest BCUT2D eigenvalue weighted by molar-refractivity contribution is 7.73. The monoisotopic (exact) mass is 305 g/mol. The zero-order valence-corrected chi connectivity index (χ0v) is 12.2. The molecule has 8 heteroatoms. The van der Waals surface area contributed by atoms with Gasteiger partial charge in [0.25, 0.3) is 0 Å². The zero-order valence-electron chi connectivity index (χ0n) is 10.6. The number of oxime groups is 1. The Kier molecular flexibility index (Phi) is 3.57. The van der Waals surface area contributed by atoms with Gasteiger partial charge in [-0.1, -0.05) is 46.8 Å². The van der Waals surface area contributed by atoms with Crippen LogP contribution in [0.2, 0.25) is 0 Å². The van der Waals surface area contributed by atoms with Gasteiger partial charge >= 0.3 is 0 Å². The van der Waals surface area contributed by atoms with Crippen molar-refractivity contribution in [1.82, 2.24) is 19.8 Å². The van der Waals surface area contributed by atoms with Crippen LogP contribution in [0.3, 0.4) is 0 Å². The lowest BCUT2D eigenvalue weighted by atomic mass is 10.1. The molecule has 2 heterocycles. The lowest BCUT2D eigenvalue weighted by Gasteiger charge is -2.01. The molecule has 0 aliphatic carbocycles. The van der Waals surface area contributed by atoms with Gasteiger partial charge in [0.05, 0.1) is 5.71 Å². The molecule has 0 spiro atoms. The highest BCUT2D eigenvalue weighted by atomic mass is 32.1. The van der Waals surface area contributed by atoms with Crippen molar-refractivity contribution in [2.24, 2.45) is 5.16 Å². The molecule has 1 aromatic carbocycles. The molecule has 2 aromatic heterocycles. The third-order valence-corrected chi connectivity index (χ3v) is 3.74. The lowest BCUT2D eigenvalue weighted by Crippen LogP contribution is -2.00. The Morgan fingerprint density at radius 1 is 1.40 bits per heavy atom. The molecular formula is C12H11N5OS2. The molecule has 3 rings (SSSR count). The number of nitrogens with one attached hydrogen (secondary N) is 1. The molecule has 102 valence electrons. The van der Waals surface area contributed by atoms with Crippen LogP contribution in [0.5, 0.6) is 0 Å². The van der Waals surface area contributed by atoms with Crippen molar-refractivity contribution >= 4 is 34.2 Å². The first-order valence-corrected chi connectivity index (χ1v) is 7.11. The van der Waals surface area contributed by atoms with Crippen molar-refractivity contribution in [1.29, 1.82) is 0 Å². The quantitative estimate of drug-likeness (QED) is 0.457. The number of nitrogens with zero attached hydrogens (tertiary/aromatic N) is 4. The van der Waals surface area contributed by atoms with E-state index in [-0.39, 0.29) is 6.61 Å². The molecule has 0 saturated carbocycles. The summed E-state index contributed by atoms with van der Waals surface area (Å²) in [5.41, 5.74) is 1.83. The highest BCUT2D eigenvalue weighted by Gasteiger charge is 2.08. The molecule has 0 atom stereocenters. The second kappa shape index (κ2) is 5.51. The maximum atomic E-state index is 5.33. The number of H-pyrrole nitrogens is 1.